The summed E-state index contributed by atoms with van der Waals surface area (Å²) in [4.78, 5) is 33.8. The molecule has 11 heteroatoms. The van der Waals surface area contributed by atoms with Crippen molar-refractivity contribution >= 4 is 39.8 Å². The maximum absolute atomic E-state index is 10.5. The van der Waals surface area contributed by atoms with Crippen molar-refractivity contribution in [2.45, 2.75) is 0 Å². The van der Waals surface area contributed by atoms with Gasteiger partial charge in [0.1, 0.15) is 5.52 Å². The number of hydrogen-bond donors (Lipinski definition) is 2. The number of pyridine rings is 1. The van der Waals surface area contributed by atoms with Crippen LogP contribution in [0.25, 0.3) is 10.9 Å². The maximum Gasteiger partial charge on any atom is 0.337 e. The molecular formula is C16H10ClN3O7. The number of carboxylic acids is 1. The van der Waals surface area contributed by atoms with E-state index in [1.54, 1.807) is 18.2 Å². The van der Waals surface area contributed by atoms with Gasteiger partial charge in [-0.15, -0.1) is 0 Å². The highest BCUT2D eigenvalue weighted by Gasteiger charge is 2.16. The molecule has 0 aliphatic carbocycles. The number of hydrogen-bond acceptors (Lipinski definition) is 7. The van der Waals surface area contributed by atoms with Gasteiger partial charge in [0.15, 0.2) is 0 Å². The minimum absolute atomic E-state index is 0.137. The molecule has 0 spiro atoms. The Morgan fingerprint density at radius 2 is 1.78 bits per heavy atom. The van der Waals surface area contributed by atoms with Gasteiger partial charge in [0, 0.05) is 29.8 Å². The van der Waals surface area contributed by atoms with Crippen molar-refractivity contribution < 1.29 is 24.9 Å². The Morgan fingerprint density at radius 3 is 2.33 bits per heavy atom. The highest BCUT2D eigenvalue weighted by atomic mass is 35.5. The van der Waals surface area contributed by atoms with E-state index < -0.39 is 15.8 Å². The lowest BCUT2D eigenvalue weighted by Crippen LogP contribution is -1.98. The largest absolute Gasteiger partial charge is 0.501 e. The summed E-state index contributed by atoms with van der Waals surface area (Å²) in [6.07, 6.45) is 1.48. The maximum atomic E-state index is 10.5. The SMILES string of the molecule is O=C(O)c1ccc([N+](=O)[O-])cc1Cl.O=[N+]([O-])c1ccc2cccnc2c1O. The first-order valence-electron chi connectivity index (χ1n) is 7.10. The second-order valence-electron chi connectivity index (χ2n) is 4.99. The number of fused-ring (bicyclic) bond motifs is 1. The number of rotatable bonds is 3. The van der Waals surface area contributed by atoms with Crippen LogP contribution in [0.5, 0.6) is 5.75 Å². The summed E-state index contributed by atoms with van der Waals surface area (Å²) >= 11 is 5.48. The number of nitro benzene ring substituents is 2. The number of benzene rings is 2. The van der Waals surface area contributed by atoms with Gasteiger partial charge in [0.2, 0.25) is 5.75 Å². The van der Waals surface area contributed by atoms with Gasteiger partial charge in [-0.2, -0.15) is 0 Å². The lowest BCUT2D eigenvalue weighted by molar-refractivity contribution is -0.385. The Morgan fingerprint density at radius 1 is 1.07 bits per heavy atom. The van der Waals surface area contributed by atoms with E-state index in [2.05, 4.69) is 4.98 Å². The van der Waals surface area contributed by atoms with Gasteiger partial charge in [-0.05, 0) is 18.2 Å². The predicted molar refractivity (Wildman–Crippen MR) is 95.1 cm³/mol. The number of aromatic carboxylic acids is 1. The van der Waals surface area contributed by atoms with Crippen molar-refractivity contribution in [2.75, 3.05) is 0 Å². The third-order valence-corrected chi connectivity index (χ3v) is 3.63. The third kappa shape index (κ3) is 4.44. The zero-order chi connectivity index (χ0) is 20.1. The van der Waals surface area contributed by atoms with Crippen LogP contribution < -0.4 is 0 Å². The Hall–Kier alpha value is -3.79. The molecule has 27 heavy (non-hydrogen) atoms. The van der Waals surface area contributed by atoms with Crippen molar-refractivity contribution in [2.24, 2.45) is 0 Å². The fourth-order valence-corrected chi connectivity index (χ4v) is 2.31. The van der Waals surface area contributed by atoms with Crippen molar-refractivity contribution in [3.05, 3.63) is 79.5 Å². The number of halogens is 1. The molecule has 138 valence electrons. The number of non-ortho nitro benzene ring substituents is 1. The monoisotopic (exact) mass is 391 g/mol. The van der Waals surface area contributed by atoms with E-state index in [9.17, 15) is 30.1 Å². The molecule has 1 heterocycles. The number of phenolic OH excluding ortho intramolecular Hbond substituents is 1. The highest BCUT2D eigenvalue weighted by molar-refractivity contribution is 6.33. The molecule has 0 bridgehead atoms. The second-order valence-corrected chi connectivity index (χ2v) is 5.40. The quantitative estimate of drug-likeness (QED) is 0.504. The van der Waals surface area contributed by atoms with Gasteiger partial charge >= 0.3 is 11.7 Å². The highest BCUT2D eigenvalue weighted by Crippen LogP contribution is 2.32. The molecule has 3 rings (SSSR count). The second kappa shape index (κ2) is 8.06. The molecule has 10 nitrogen and oxygen atoms in total. The van der Waals surface area contributed by atoms with E-state index in [0.717, 1.165) is 18.2 Å². The number of carboxylic acid groups (broad SMARTS) is 1. The number of nitrogens with zero attached hydrogens (tertiary/aromatic N) is 3. The average molecular weight is 392 g/mol. The summed E-state index contributed by atoms with van der Waals surface area (Å²) in [5, 5.41) is 39.3. The first-order chi connectivity index (χ1) is 12.7. The van der Waals surface area contributed by atoms with Crippen LogP contribution in [0.1, 0.15) is 10.4 Å². The molecule has 0 radical (unpaired) electrons. The molecule has 0 saturated heterocycles. The smallest absolute Gasteiger partial charge is 0.337 e. The summed E-state index contributed by atoms with van der Waals surface area (Å²) in [5.41, 5.74) is -0.444. The number of aromatic nitrogens is 1. The zero-order valence-corrected chi connectivity index (χ0v) is 14.0. The third-order valence-electron chi connectivity index (χ3n) is 3.32. The van der Waals surface area contributed by atoms with E-state index >= 15 is 0 Å². The lowest BCUT2D eigenvalue weighted by atomic mass is 10.2. The minimum atomic E-state index is -1.21. The Labute approximate surface area is 155 Å². The molecule has 2 N–H and O–H groups in total. The number of aromatic hydroxyl groups is 1. The molecule has 2 aromatic carbocycles. The molecule has 0 atom stereocenters. The van der Waals surface area contributed by atoms with Crippen LogP contribution in [-0.2, 0) is 0 Å². The van der Waals surface area contributed by atoms with E-state index in [0.29, 0.717) is 5.39 Å². The van der Waals surface area contributed by atoms with Crippen LogP contribution >= 0.6 is 11.6 Å². The molecule has 1 aromatic heterocycles. The molecule has 3 aromatic rings. The van der Waals surface area contributed by atoms with Crippen LogP contribution in [0.2, 0.25) is 5.02 Å². The first kappa shape index (κ1) is 19.5. The van der Waals surface area contributed by atoms with E-state index in [1.165, 1.54) is 12.3 Å². The van der Waals surface area contributed by atoms with E-state index in [4.69, 9.17) is 16.7 Å². The molecule has 0 amide bonds. The normalized spacial score (nSPS) is 9.96. The minimum Gasteiger partial charge on any atom is -0.501 e. The molecule has 0 unspecified atom stereocenters. The number of carbonyl (C=O) groups is 1. The van der Waals surface area contributed by atoms with Gasteiger partial charge in [-0.1, -0.05) is 17.7 Å². The standard InChI is InChI=1S/C9H6N2O3.C7H4ClNO4/c12-9-7(11(13)14)4-3-6-2-1-5-10-8(6)9;8-6-3-4(9(12)13)1-2-5(6)7(10)11/h1-5,12H;1-3H,(H,10,11). The van der Waals surface area contributed by atoms with Crippen LogP contribution in [0.3, 0.4) is 0 Å². The fraction of sp³-hybridized carbons (Fsp3) is 0. The van der Waals surface area contributed by atoms with Gasteiger partial charge in [0.05, 0.1) is 20.4 Å². The van der Waals surface area contributed by atoms with Crippen molar-refractivity contribution in [1.82, 2.24) is 4.98 Å². The van der Waals surface area contributed by atoms with Crippen LogP contribution in [-0.4, -0.2) is 31.0 Å². The average Bonchev–Trinajstić information content (AvgIpc) is 2.62. The van der Waals surface area contributed by atoms with E-state index in [1.807, 2.05) is 0 Å². The summed E-state index contributed by atoms with van der Waals surface area (Å²) in [5.74, 6) is -1.59. The molecular weight excluding hydrogens is 382 g/mol. The topological polar surface area (TPSA) is 157 Å². The molecule has 0 aliphatic rings. The van der Waals surface area contributed by atoms with Crippen LogP contribution in [0, 0.1) is 20.2 Å². The van der Waals surface area contributed by atoms with Gasteiger partial charge in [-0.25, -0.2) is 4.79 Å². The van der Waals surface area contributed by atoms with E-state index in [-0.39, 0.29) is 33.2 Å². The Bertz CT molecular complexity index is 1060. The lowest BCUT2D eigenvalue weighted by Gasteiger charge is -1.99. The van der Waals surface area contributed by atoms with Gasteiger partial charge in [-0.3, -0.25) is 25.2 Å². The Balaban J connectivity index is 0.000000194. The van der Waals surface area contributed by atoms with Crippen LogP contribution in [0.4, 0.5) is 11.4 Å². The summed E-state index contributed by atoms with van der Waals surface area (Å²) < 4.78 is 0. The van der Waals surface area contributed by atoms with Crippen molar-refractivity contribution in [3.8, 4) is 5.75 Å². The molecule has 0 saturated carbocycles. The Kier molecular flexibility index (Phi) is 5.83. The summed E-state index contributed by atoms with van der Waals surface area (Å²) in [6.45, 7) is 0. The predicted octanol–water partition coefficient (Wildman–Crippen LogP) is 3.80. The summed E-state index contributed by atoms with van der Waals surface area (Å²) in [7, 11) is 0. The summed E-state index contributed by atoms with van der Waals surface area (Å²) in [6, 6.07) is 9.45. The van der Waals surface area contributed by atoms with Gasteiger partial charge < -0.3 is 10.2 Å². The fourth-order valence-electron chi connectivity index (χ4n) is 2.06. The number of phenols is 1. The number of nitro groups is 2. The first-order valence-corrected chi connectivity index (χ1v) is 7.48. The van der Waals surface area contributed by atoms with Crippen molar-refractivity contribution in [1.29, 1.82) is 0 Å². The van der Waals surface area contributed by atoms with Crippen molar-refractivity contribution in [3.63, 3.8) is 0 Å². The van der Waals surface area contributed by atoms with Gasteiger partial charge in [0.25, 0.3) is 5.69 Å². The van der Waals surface area contributed by atoms with Crippen LogP contribution in [0.15, 0.2) is 48.7 Å². The molecule has 0 aliphatic heterocycles. The molecule has 0 fully saturated rings. The zero-order valence-electron chi connectivity index (χ0n) is 13.3.